The van der Waals surface area contributed by atoms with Crippen molar-refractivity contribution in [1.82, 2.24) is 19.9 Å². The highest BCUT2D eigenvalue weighted by atomic mass is 16.1. The van der Waals surface area contributed by atoms with Gasteiger partial charge >= 0.3 is 0 Å². The summed E-state index contributed by atoms with van der Waals surface area (Å²) in [4.78, 5) is 25.3. The standard InChI is InChI=1S/C11H15N5O/c12-11-15-9-8(10(17)16-11)13-7(14-9)5-4-6-2-1-3-6/h6H,1-5H2,(H4,12,13,14,15,16,17). The van der Waals surface area contributed by atoms with Gasteiger partial charge in [0.15, 0.2) is 11.2 Å². The van der Waals surface area contributed by atoms with E-state index in [0.717, 1.165) is 24.6 Å². The number of imidazole rings is 1. The largest absolute Gasteiger partial charge is 0.369 e. The molecule has 0 aromatic carbocycles. The first-order chi connectivity index (χ1) is 8.22. The highest BCUT2D eigenvalue weighted by Crippen LogP contribution is 2.30. The minimum atomic E-state index is -0.255. The van der Waals surface area contributed by atoms with Crippen molar-refractivity contribution in [2.75, 3.05) is 5.73 Å². The molecule has 17 heavy (non-hydrogen) atoms. The normalized spacial score (nSPS) is 16.2. The number of aromatic nitrogens is 4. The Morgan fingerprint density at radius 2 is 2.12 bits per heavy atom. The predicted molar refractivity (Wildman–Crippen MR) is 64.6 cm³/mol. The van der Waals surface area contributed by atoms with Crippen LogP contribution in [0.25, 0.3) is 11.2 Å². The first-order valence-corrected chi connectivity index (χ1v) is 5.97. The highest BCUT2D eigenvalue weighted by Gasteiger charge is 2.18. The summed E-state index contributed by atoms with van der Waals surface area (Å²) in [6, 6.07) is 0. The van der Waals surface area contributed by atoms with E-state index < -0.39 is 0 Å². The fourth-order valence-electron chi connectivity index (χ4n) is 2.21. The monoisotopic (exact) mass is 233 g/mol. The lowest BCUT2D eigenvalue weighted by Crippen LogP contribution is -2.12. The number of fused-ring (bicyclic) bond motifs is 1. The zero-order chi connectivity index (χ0) is 11.8. The number of aryl methyl sites for hydroxylation is 1. The van der Waals surface area contributed by atoms with Crippen molar-refractivity contribution < 1.29 is 0 Å². The Morgan fingerprint density at radius 3 is 2.82 bits per heavy atom. The summed E-state index contributed by atoms with van der Waals surface area (Å²) in [5.74, 6) is 1.77. The molecule has 1 aliphatic rings. The van der Waals surface area contributed by atoms with Crippen LogP contribution in [-0.2, 0) is 6.42 Å². The quantitative estimate of drug-likeness (QED) is 0.735. The van der Waals surface area contributed by atoms with Crippen molar-refractivity contribution >= 4 is 17.1 Å². The van der Waals surface area contributed by atoms with Crippen molar-refractivity contribution in [3.8, 4) is 0 Å². The SMILES string of the molecule is Nc1nc2nc(CCC3CCC3)[nH]c2c(=O)[nH]1. The Hall–Kier alpha value is -1.85. The molecule has 0 aliphatic heterocycles. The second-order valence-corrected chi connectivity index (χ2v) is 4.67. The number of nitrogens with one attached hydrogen (secondary N) is 2. The van der Waals surface area contributed by atoms with Crippen LogP contribution < -0.4 is 11.3 Å². The fourth-order valence-corrected chi connectivity index (χ4v) is 2.21. The Kier molecular flexibility index (Phi) is 2.35. The Bertz CT molecular complexity index is 595. The molecule has 2 aromatic rings. The molecule has 6 heteroatoms. The van der Waals surface area contributed by atoms with Gasteiger partial charge in [0.2, 0.25) is 5.95 Å². The van der Waals surface area contributed by atoms with Crippen LogP contribution in [-0.4, -0.2) is 19.9 Å². The molecular weight excluding hydrogens is 218 g/mol. The number of nitrogen functional groups attached to an aromatic ring is 1. The summed E-state index contributed by atoms with van der Waals surface area (Å²) in [7, 11) is 0. The van der Waals surface area contributed by atoms with E-state index in [1.54, 1.807) is 0 Å². The van der Waals surface area contributed by atoms with Crippen LogP contribution in [0.2, 0.25) is 0 Å². The lowest BCUT2D eigenvalue weighted by atomic mass is 9.82. The average Bonchev–Trinajstić information content (AvgIpc) is 2.58. The van der Waals surface area contributed by atoms with Crippen LogP contribution >= 0.6 is 0 Å². The van der Waals surface area contributed by atoms with Crippen molar-refractivity contribution in [3.63, 3.8) is 0 Å². The second-order valence-electron chi connectivity index (χ2n) is 4.67. The van der Waals surface area contributed by atoms with Crippen LogP contribution in [0.15, 0.2) is 4.79 Å². The lowest BCUT2D eigenvalue weighted by Gasteiger charge is -2.24. The molecule has 3 rings (SSSR count). The second kappa shape index (κ2) is 3.87. The van der Waals surface area contributed by atoms with E-state index in [2.05, 4.69) is 19.9 Å². The van der Waals surface area contributed by atoms with Gasteiger partial charge in [0.1, 0.15) is 5.82 Å². The maximum Gasteiger partial charge on any atom is 0.278 e. The van der Waals surface area contributed by atoms with Gasteiger partial charge in [-0.3, -0.25) is 9.78 Å². The molecule has 2 aromatic heterocycles. The van der Waals surface area contributed by atoms with Gasteiger partial charge in [-0.25, -0.2) is 4.98 Å². The van der Waals surface area contributed by atoms with E-state index in [-0.39, 0.29) is 11.5 Å². The number of hydrogen-bond acceptors (Lipinski definition) is 4. The van der Waals surface area contributed by atoms with E-state index in [4.69, 9.17) is 5.73 Å². The molecule has 2 heterocycles. The molecule has 0 atom stereocenters. The number of rotatable bonds is 3. The number of nitrogens with zero attached hydrogens (tertiary/aromatic N) is 2. The molecule has 0 saturated heterocycles. The van der Waals surface area contributed by atoms with Gasteiger partial charge in [0, 0.05) is 6.42 Å². The average molecular weight is 233 g/mol. The third-order valence-corrected chi connectivity index (χ3v) is 3.44. The van der Waals surface area contributed by atoms with Crippen LogP contribution in [0.3, 0.4) is 0 Å². The zero-order valence-electron chi connectivity index (χ0n) is 9.49. The van der Waals surface area contributed by atoms with E-state index >= 15 is 0 Å². The molecule has 6 nitrogen and oxygen atoms in total. The first-order valence-electron chi connectivity index (χ1n) is 5.97. The summed E-state index contributed by atoms with van der Waals surface area (Å²) in [5, 5.41) is 0. The van der Waals surface area contributed by atoms with Crippen molar-refractivity contribution in [1.29, 1.82) is 0 Å². The van der Waals surface area contributed by atoms with Gasteiger partial charge in [-0.15, -0.1) is 0 Å². The van der Waals surface area contributed by atoms with E-state index in [0.29, 0.717) is 11.2 Å². The van der Waals surface area contributed by atoms with Crippen LogP contribution in [0.4, 0.5) is 5.95 Å². The number of H-pyrrole nitrogens is 2. The Labute approximate surface area is 97.7 Å². The van der Waals surface area contributed by atoms with Crippen LogP contribution in [0, 0.1) is 5.92 Å². The molecule has 0 spiro atoms. The minimum Gasteiger partial charge on any atom is -0.369 e. The van der Waals surface area contributed by atoms with Gasteiger partial charge in [-0.05, 0) is 12.3 Å². The number of nitrogens with two attached hydrogens (primary N) is 1. The van der Waals surface area contributed by atoms with E-state index in [9.17, 15) is 4.79 Å². The van der Waals surface area contributed by atoms with Gasteiger partial charge in [-0.1, -0.05) is 19.3 Å². The van der Waals surface area contributed by atoms with Gasteiger partial charge < -0.3 is 10.7 Å². The molecular formula is C11H15N5O. The number of hydrogen-bond donors (Lipinski definition) is 3. The first kappa shape index (κ1) is 10.3. The van der Waals surface area contributed by atoms with Crippen molar-refractivity contribution in [2.24, 2.45) is 5.92 Å². The maximum absolute atomic E-state index is 11.6. The van der Waals surface area contributed by atoms with Crippen LogP contribution in [0.1, 0.15) is 31.5 Å². The summed E-state index contributed by atoms with van der Waals surface area (Å²) >= 11 is 0. The van der Waals surface area contributed by atoms with Crippen LogP contribution in [0.5, 0.6) is 0 Å². The fraction of sp³-hybridized carbons (Fsp3) is 0.545. The Balaban J connectivity index is 1.85. The third kappa shape index (κ3) is 1.90. The summed E-state index contributed by atoms with van der Waals surface area (Å²) in [6.07, 6.45) is 6.01. The molecule has 90 valence electrons. The van der Waals surface area contributed by atoms with Crippen molar-refractivity contribution in [2.45, 2.75) is 32.1 Å². The molecule has 0 amide bonds. The molecule has 1 aliphatic carbocycles. The van der Waals surface area contributed by atoms with Gasteiger partial charge in [0.05, 0.1) is 0 Å². The van der Waals surface area contributed by atoms with E-state index in [1.807, 2.05) is 0 Å². The number of anilines is 1. The smallest absolute Gasteiger partial charge is 0.278 e. The molecule has 1 saturated carbocycles. The zero-order valence-corrected chi connectivity index (χ0v) is 9.49. The highest BCUT2D eigenvalue weighted by molar-refractivity contribution is 5.70. The maximum atomic E-state index is 11.6. The van der Waals surface area contributed by atoms with E-state index in [1.165, 1.54) is 19.3 Å². The number of aromatic amines is 2. The molecule has 1 fully saturated rings. The summed E-state index contributed by atoms with van der Waals surface area (Å²) in [5.41, 5.74) is 6.04. The molecule has 4 N–H and O–H groups in total. The molecule has 0 unspecified atom stereocenters. The Morgan fingerprint density at radius 1 is 1.29 bits per heavy atom. The predicted octanol–water partition coefficient (Wildman–Crippen LogP) is 0.961. The van der Waals surface area contributed by atoms with Gasteiger partial charge in [-0.2, -0.15) is 4.98 Å². The van der Waals surface area contributed by atoms with Crippen molar-refractivity contribution in [3.05, 3.63) is 16.2 Å². The molecule has 0 radical (unpaired) electrons. The lowest BCUT2D eigenvalue weighted by molar-refractivity contribution is 0.295. The minimum absolute atomic E-state index is 0.111. The topological polar surface area (TPSA) is 100 Å². The van der Waals surface area contributed by atoms with Gasteiger partial charge in [0.25, 0.3) is 5.56 Å². The summed E-state index contributed by atoms with van der Waals surface area (Å²) < 4.78 is 0. The molecule has 0 bridgehead atoms. The third-order valence-electron chi connectivity index (χ3n) is 3.44. The summed E-state index contributed by atoms with van der Waals surface area (Å²) in [6.45, 7) is 0.